The van der Waals surface area contributed by atoms with Crippen LogP contribution in [0.1, 0.15) is 11.1 Å². The summed E-state index contributed by atoms with van der Waals surface area (Å²) in [6, 6.07) is 11.0. The van der Waals surface area contributed by atoms with Gasteiger partial charge < -0.3 is 11.1 Å². The zero-order valence-corrected chi connectivity index (χ0v) is 14.1. The molecule has 0 aliphatic rings. The molecule has 2 rings (SSSR count). The number of halogens is 3. The van der Waals surface area contributed by atoms with Crippen LogP contribution in [-0.4, -0.2) is 11.5 Å². The molecule has 0 spiro atoms. The van der Waals surface area contributed by atoms with Gasteiger partial charge in [-0.05, 0) is 42.3 Å². The van der Waals surface area contributed by atoms with Crippen LogP contribution in [0, 0.1) is 0 Å². The van der Waals surface area contributed by atoms with E-state index in [1.807, 2.05) is 24.3 Å². The van der Waals surface area contributed by atoms with Gasteiger partial charge in [0.2, 0.25) is 0 Å². The summed E-state index contributed by atoms with van der Waals surface area (Å²) < 4.78 is 0. The van der Waals surface area contributed by atoms with Gasteiger partial charge in [0, 0.05) is 27.8 Å². The average molecular weight is 360 g/mol. The first kappa shape index (κ1) is 16.4. The quantitative estimate of drug-likeness (QED) is 0.743. The molecule has 0 unspecified atom stereocenters. The van der Waals surface area contributed by atoms with Crippen LogP contribution >= 0.6 is 47.0 Å². The fourth-order valence-corrected chi connectivity index (χ4v) is 2.91. The number of rotatable bonds is 5. The van der Waals surface area contributed by atoms with Gasteiger partial charge in [0.05, 0.1) is 5.02 Å². The fraction of sp³-hybridized carbons (Fsp3) is 0.133. The second-order valence-electron chi connectivity index (χ2n) is 4.47. The predicted molar refractivity (Wildman–Crippen MR) is 96.0 cm³/mol. The van der Waals surface area contributed by atoms with Gasteiger partial charge in [0.25, 0.3) is 0 Å². The van der Waals surface area contributed by atoms with Gasteiger partial charge in [-0.15, -0.1) is 0 Å². The van der Waals surface area contributed by atoms with Gasteiger partial charge in [-0.2, -0.15) is 0 Å². The Morgan fingerprint density at radius 2 is 1.81 bits per heavy atom. The Kier molecular flexibility index (Phi) is 5.71. The molecule has 110 valence electrons. The van der Waals surface area contributed by atoms with Gasteiger partial charge in [0.1, 0.15) is 4.99 Å². The molecule has 0 aliphatic carbocycles. The lowest BCUT2D eigenvalue weighted by atomic mass is 10.1. The van der Waals surface area contributed by atoms with Crippen molar-refractivity contribution in [2.75, 3.05) is 11.9 Å². The summed E-state index contributed by atoms with van der Waals surface area (Å²) in [6.45, 7) is 0.726. The van der Waals surface area contributed by atoms with Crippen LogP contribution in [0.5, 0.6) is 0 Å². The number of thiocarbonyl (C=S) groups is 1. The molecule has 0 amide bonds. The Morgan fingerprint density at radius 1 is 1.05 bits per heavy atom. The van der Waals surface area contributed by atoms with E-state index < -0.39 is 0 Å². The second kappa shape index (κ2) is 7.32. The van der Waals surface area contributed by atoms with Crippen molar-refractivity contribution in [1.29, 1.82) is 0 Å². The summed E-state index contributed by atoms with van der Waals surface area (Å²) in [5.41, 5.74) is 8.20. The smallest absolute Gasteiger partial charge is 0.105 e. The Hall–Kier alpha value is -1.000. The third kappa shape index (κ3) is 4.48. The molecule has 2 aromatic rings. The van der Waals surface area contributed by atoms with Crippen molar-refractivity contribution in [3.8, 4) is 0 Å². The highest BCUT2D eigenvalue weighted by Gasteiger charge is 2.05. The molecule has 0 atom stereocenters. The Balaban J connectivity index is 1.97. The number of hydrogen-bond donors (Lipinski definition) is 2. The molecule has 0 saturated carbocycles. The Labute approximate surface area is 144 Å². The lowest BCUT2D eigenvalue weighted by Crippen LogP contribution is -2.10. The molecule has 0 saturated heterocycles. The van der Waals surface area contributed by atoms with Crippen molar-refractivity contribution in [2.45, 2.75) is 6.42 Å². The van der Waals surface area contributed by atoms with E-state index >= 15 is 0 Å². The second-order valence-corrected chi connectivity index (χ2v) is 6.16. The van der Waals surface area contributed by atoms with E-state index in [4.69, 9.17) is 52.8 Å². The van der Waals surface area contributed by atoms with Crippen molar-refractivity contribution in [2.24, 2.45) is 5.73 Å². The molecule has 2 nitrogen and oxygen atoms in total. The molecule has 0 aliphatic heterocycles. The summed E-state index contributed by atoms with van der Waals surface area (Å²) in [7, 11) is 0. The molecule has 0 aromatic heterocycles. The van der Waals surface area contributed by atoms with Crippen LogP contribution in [0.25, 0.3) is 0 Å². The maximum Gasteiger partial charge on any atom is 0.105 e. The number of nitrogens with one attached hydrogen (secondary N) is 1. The largest absolute Gasteiger partial charge is 0.389 e. The third-order valence-electron chi connectivity index (χ3n) is 2.97. The third-order valence-corrected chi connectivity index (χ3v) is 4.09. The van der Waals surface area contributed by atoms with Crippen LogP contribution in [0.2, 0.25) is 15.1 Å². The molecular weight excluding hydrogens is 347 g/mol. The highest BCUT2D eigenvalue weighted by molar-refractivity contribution is 7.80. The summed E-state index contributed by atoms with van der Waals surface area (Å²) >= 11 is 23.0. The first-order chi connectivity index (χ1) is 9.97. The van der Waals surface area contributed by atoms with Crippen LogP contribution in [0.15, 0.2) is 36.4 Å². The molecule has 0 radical (unpaired) electrons. The van der Waals surface area contributed by atoms with E-state index in [-0.39, 0.29) is 0 Å². The van der Waals surface area contributed by atoms with Crippen molar-refractivity contribution < 1.29 is 0 Å². The van der Waals surface area contributed by atoms with E-state index in [0.29, 0.717) is 25.6 Å². The van der Waals surface area contributed by atoms with Crippen LogP contribution in [0.4, 0.5) is 5.69 Å². The van der Waals surface area contributed by atoms with Gasteiger partial charge in [-0.3, -0.25) is 0 Å². The average Bonchev–Trinajstić information content (AvgIpc) is 2.41. The highest BCUT2D eigenvalue weighted by atomic mass is 35.5. The molecule has 3 N–H and O–H groups in total. The minimum absolute atomic E-state index is 0.291. The van der Waals surface area contributed by atoms with E-state index in [9.17, 15) is 0 Å². The normalized spacial score (nSPS) is 10.4. The van der Waals surface area contributed by atoms with Gasteiger partial charge >= 0.3 is 0 Å². The van der Waals surface area contributed by atoms with Gasteiger partial charge in [-0.25, -0.2) is 0 Å². The van der Waals surface area contributed by atoms with E-state index in [0.717, 1.165) is 24.2 Å². The molecular formula is C15H13Cl3N2S. The van der Waals surface area contributed by atoms with Crippen molar-refractivity contribution >= 4 is 57.7 Å². The Morgan fingerprint density at radius 3 is 2.43 bits per heavy atom. The van der Waals surface area contributed by atoms with Crippen molar-refractivity contribution in [3.05, 3.63) is 62.6 Å². The molecule has 0 bridgehead atoms. The number of nitrogens with two attached hydrogens (primary N) is 1. The van der Waals surface area contributed by atoms with Gasteiger partial charge in [0.15, 0.2) is 0 Å². The molecule has 6 heteroatoms. The highest BCUT2D eigenvalue weighted by Crippen LogP contribution is 2.23. The maximum absolute atomic E-state index is 6.13. The maximum atomic E-state index is 6.13. The lowest BCUT2D eigenvalue weighted by Gasteiger charge is -2.10. The zero-order chi connectivity index (χ0) is 15.4. The predicted octanol–water partition coefficient (Wildman–Crippen LogP) is 4.94. The van der Waals surface area contributed by atoms with Crippen molar-refractivity contribution in [1.82, 2.24) is 0 Å². The van der Waals surface area contributed by atoms with E-state index in [1.54, 1.807) is 12.1 Å². The van der Waals surface area contributed by atoms with Crippen LogP contribution in [0.3, 0.4) is 0 Å². The molecule has 0 heterocycles. The topological polar surface area (TPSA) is 38.0 Å². The minimum atomic E-state index is 0.291. The monoisotopic (exact) mass is 358 g/mol. The van der Waals surface area contributed by atoms with Crippen LogP contribution in [-0.2, 0) is 6.42 Å². The fourth-order valence-electron chi connectivity index (χ4n) is 1.89. The number of benzene rings is 2. The van der Waals surface area contributed by atoms with E-state index in [1.165, 1.54) is 0 Å². The molecule has 0 fully saturated rings. The van der Waals surface area contributed by atoms with Crippen LogP contribution < -0.4 is 11.1 Å². The summed E-state index contributed by atoms with van der Waals surface area (Å²) in [6.07, 6.45) is 0.782. The molecule has 21 heavy (non-hydrogen) atoms. The number of anilines is 1. The standard InChI is InChI=1S/C15H13Cl3N2S/c16-10-2-1-9(13(17)7-10)5-6-20-11-3-4-12(15(19)21)14(18)8-11/h1-4,7-8,20H,5-6H2,(H2,19,21). The van der Waals surface area contributed by atoms with Gasteiger partial charge in [-0.1, -0.05) is 53.1 Å². The SMILES string of the molecule is NC(=S)c1ccc(NCCc2ccc(Cl)cc2Cl)cc1Cl. The number of hydrogen-bond acceptors (Lipinski definition) is 2. The van der Waals surface area contributed by atoms with E-state index in [2.05, 4.69) is 5.32 Å². The summed E-state index contributed by atoms with van der Waals surface area (Å²) in [5, 5.41) is 5.13. The Bertz CT molecular complexity index is 674. The summed E-state index contributed by atoms with van der Waals surface area (Å²) in [5.74, 6) is 0. The first-order valence-corrected chi connectivity index (χ1v) is 7.79. The zero-order valence-electron chi connectivity index (χ0n) is 11.0. The summed E-state index contributed by atoms with van der Waals surface area (Å²) in [4.78, 5) is 0.291. The lowest BCUT2D eigenvalue weighted by molar-refractivity contribution is 1.02. The molecule has 2 aromatic carbocycles. The minimum Gasteiger partial charge on any atom is -0.389 e. The van der Waals surface area contributed by atoms with Crippen molar-refractivity contribution in [3.63, 3.8) is 0 Å². The first-order valence-electron chi connectivity index (χ1n) is 6.24.